The standard InChI is InChI=1S/C74H66N4O.Pt/c1-48-36-63(53-26-20-27-55(39-53)72(3,4)5)71(64(37-48)54-40-56(73(6,7)8)43-57(41-54)74(9,10)11)77-47-76(69-42-52(32-35-67(69)77)50-22-14-12-15-23-50)58-28-21-29-59(44-58)79-60-33-34-62-61-30-18-19-31-66(61)78(68(62)45-60)70-38-49(2)65(46-75-70)51-24-16-13-17-25-51;/h12-43,46H,1-11H3;/q-2;/i1D3,2D3,12D,13D,14D,15D,16D,17D,22D,23D,24D,25D;. The Morgan fingerprint density at radius 2 is 1.19 bits per heavy atom. The van der Waals surface area contributed by atoms with Crippen LogP contribution in [0.4, 0.5) is 0 Å². The maximum absolute atomic E-state index is 9.10. The summed E-state index contributed by atoms with van der Waals surface area (Å²) in [6.45, 7) is 13.8. The molecule has 3 aromatic heterocycles. The Labute approximate surface area is 509 Å². The number of para-hydroxylation sites is 1. The summed E-state index contributed by atoms with van der Waals surface area (Å²) in [5.41, 5.74) is 7.55. The molecule has 3 heterocycles. The topological polar surface area (TPSA) is 35.9 Å². The zero-order valence-corrected chi connectivity index (χ0v) is 48.1. The number of benzene rings is 9. The SMILES string of the molecule is [2H]c1c([2H])c([2H])c(-c2ccc3c(c2)n(-c2[c-]c(Oc4[c-]c5c(cc4)c4ccccc4n5-c4cc(C([2H])([2H])[2H])c(-c5c([2H])c([2H])c([2H])c([2H])c5[2H])cn4)ccc2)[c-][n+]3-c2c(-c3cccc(C(C)(C)C)c3)cc(C([2H])([2H])[2H])cc2-c2cc(C(C)(C)C)cc(C(C)(C)C)c2)c([2H])c1[2H].[Pt]. The van der Waals surface area contributed by atoms with Gasteiger partial charge >= 0.3 is 0 Å². The van der Waals surface area contributed by atoms with Gasteiger partial charge < -0.3 is 13.9 Å². The van der Waals surface area contributed by atoms with Crippen molar-refractivity contribution in [2.24, 2.45) is 0 Å². The molecule has 6 heteroatoms. The van der Waals surface area contributed by atoms with E-state index in [9.17, 15) is 0 Å². The normalized spacial score (nSPS) is 15.3. The molecule has 80 heavy (non-hydrogen) atoms. The van der Waals surface area contributed by atoms with Crippen molar-refractivity contribution in [2.75, 3.05) is 0 Å². The van der Waals surface area contributed by atoms with E-state index < -0.39 is 74.1 Å². The Hall–Kier alpha value is -8.11. The van der Waals surface area contributed by atoms with E-state index in [1.165, 1.54) is 12.3 Å². The molecular weight excluding hydrogens is 1160 g/mol. The Balaban J connectivity index is 0.00000936. The summed E-state index contributed by atoms with van der Waals surface area (Å²) in [6, 6.07) is 42.5. The predicted octanol–water partition coefficient (Wildman–Crippen LogP) is 18.8. The molecule has 0 radical (unpaired) electrons. The van der Waals surface area contributed by atoms with Crippen LogP contribution in [0.15, 0.2) is 200 Å². The van der Waals surface area contributed by atoms with Crippen LogP contribution < -0.4 is 9.30 Å². The van der Waals surface area contributed by atoms with Gasteiger partial charge in [-0.05, 0) is 120 Å². The molecule has 5 nitrogen and oxygen atoms in total. The van der Waals surface area contributed by atoms with Crippen molar-refractivity contribution in [3.63, 3.8) is 0 Å². The fraction of sp³-hybridized carbons (Fsp3) is 0.189. The number of pyridine rings is 1. The molecule has 0 atom stereocenters. The van der Waals surface area contributed by atoms with Gasteiger partial charge in [-0.3, -0.25) is 4.57 Å². The predicted molar refractivity (Wildman–Crippen MR) is 327 cm³/mol. The van der Waals surface area contributed by atoms with Crippen LogP contribution in [0.1, 0.15) is 112 Å². The Morgan fingerprint density at radius 1 is 0.525 bits per heavy atom. The van der Waals surface area contributed by atoms with E-state index in [1.54, 1.807) is 57.7 Å². The molecule has 0 amide bonds. The third-order valence-corrected chi connectivity index (χ3v) is 14.5. The summed E-state index contributed by atoms with van der Waals surface area (Å²) in [4.78, 5) is 4.72. The van der Waals surface area contributed by atoms with Crippen molar-refractivity contribution >= 4 is 32.8 Å². The fourth-order valence-electron chi connectivity index (χ4n) is 10.2. The van der Waals surface area contributed by atoms with Gasteiger partial charge in [-0.15, -0.1) is 29.7 Å². The average molecular weight is 1240 g/mol. The number of nitrogens with zero attached hydrogens (tertiary/aromatic N) is 4. The number of ether oxygens (including phenoxy) is 1. The maximum atomic E-state index is 9.10. The fourth-order valence-corrected chi connectivity index (χ4v) is 10.2. The molecule has 400 valence electrons. The number of rotatable bonds is 9. The minimum absolute atomic E-state index is 0. The van der Waals surface area contributed by atoms with Gasteiger partial charge in [-0.2, -0.15) is 18.2 Å². The zero-order chi connectivity index (χ0) is 68.7. The second-order valence-electron chi connectivity index (χ2n) is 23.1. The van der Waals surface area contributed by atoms with Crippen LogP contribution >= 0.6 is 0 Å². The summed E-state index contributed by atoms with van der Waals surface area (Å²) in [5, 5.41) is 1.48. The quantitative estimate of drug-likeness (QED) is 0.107. The van der Waals surface area contributed by atoms with E-state index >= 15 is 0 Å². The average Bonchev–Trinajstić information content (AvgIpc) is 1.48. The van der Waals surface area contributed by atoms with Gasteiger partial charge in [0.25, 0.3) is 6.33 Å². The van der Waals surface area contributed by atoms with E-state index in [-0.39, 0.29) is 82.4 Å². The molecule has 0 aliphatic heterocycles. The molecule has 0 saturated heterocycles. The van der Waals surface area contributed by atoms with Crippen molar-refractivity contribution in [2.45, 2.75) is 92.3 Å². The van der Waals surface area contributed by atoms with Crippen LogP contribution in [-0.2, 0) is 37.3 Å². The van der Waals surface area contributed by atoms with Gasteiger partial charge in [-0.25, -0.2) is 4.98 Å². The third kappa shape index (κ3) is 10.2. The van der Waals surface area contributed by atoms with Crippen LogP contribution in [0, 0.1) is 32.2 Å². The minimum Gasteiger partial charge on any atom is -0.510 e. The zero-order valence-electron chi connectivity index (χ0n) is 61.8. The van der Waals surface area contributed by atoms with Gasteiger partial charge in [-0.1, -0.05) is 219 Å². The second kappa shape index (κ2) is 20.8. The number of fused-ring (bicyclic) bond motifs is 4. The first kappa shape index (κ1) is 37.7. The second-order valence-corrected chi connectivity index (χ2v) is 23.1. The molecule has 0 N–H and O–H groups in total. The van der Waals surface area contributed by atoms with Crippen LogP contribution in [-0.4, -0.2) is 14.1 Å². The Bertz CT molecular complexity index is 5070. The van der Waals surface area contributed by atoms with Crippen LogP contribution in [0.2, 0.25) is 0 Å². The molecule has 0 fully saturated rings. The van der Waals surface area contributed by atoms with E-state index in [2.05, 4.69) is 111 Å². The molecule has 0 bridgehead atoms. The summed E-state index contributed by atoms with van der Waals surface area (Å²) >= 11 is 0. The molecule has 9 aromatic carbocycles. The monoisotopic (exact) mass is 1240 g/mol. The number of hydrogen-bond acceptors (Lipinski definition) is 2. The van der Waals surface area contributed by atoms with E-state index in [4.69, 9.17) is 31.7 Å². The molecule has 0 spiro atoms. The summed E-state index contributed by atoms with van der Waals surface area (Å²) in [5.74, 6) is 0.575. The van der Waals surface area contributed by atoms with E-state index in [0.717, 1.165) is 33.2 Å². The van der Waals surface area contributed by atoms with Crippen LogP contribution in [0.5, 0.6) is 11.5 Å². The van der Waals surface area contributed by atoms with Crippen molar-refractivity contribution in [3.8, 4) is 73.2 Å². The van der Waals surface area contributed by atoms with Crippen LogP contribution in [0.3, 0.4) is 0 Å². The number of hydrogen-bond donors (Lipinski definition) is 0. The van der Waals surface area contributed by atoms with Crippen molar-refractivity contribution in [3.05, 3.63) is 246 Å². The molecule has 12 rings (SSSR count). The molecular formula is C74H66N4OPt-2. The van der Waals surface area contributed by atoms with Gasteiger partial charge in [0.2, 0.25) is 0 Å². The summed E-state index contributed by atoms with van der Waals surface area (Å²) < 4.78 is 151. The summed E-state index contributed by atoms with van der Waals surface area (Å²) in [7, 11) is 0. The smallest absolute Gasteiger partial charge is 0.268 e. The van der Waals surface area contributed by atoms with Gasteiger partial charge in [0.1, 0.15) is 5.82 Å². The Kier molecular flexibility index (Phi) is 9.82. The molecule has 0 saturated carbocycles. The third-order valence-electron chi connectivity index (χ3n) is 14.5. The maximum Gasteiger partial charge on any atom is 0.268 e. The molecule has 0 unspecified atom stereocenters. The largest absolute Gasteiger partial charge is 0.510 e. The van der Waals surface area contributed by atoms with Gasteiger partial charge in [0.05, 0.1) is 30.4 Å². The Morgan fingerprint density at radius 3 is 1.89 bits per heavy atom. The van der Waals surface area contributed by atoms with Gasteiger partial charge in [0.15, 0.2) is 0 Å². The minimum atomic E-state index is -2.84. The van der Waals surface area contributed by atoms with Gasteiger partial charge in [0, 0.05) is 58.1 Å². The van der Waals surface area contributed by atoms with Crippen LogP contribution in [0.25, 0.3) is 94.5 Å². The number of imidazole rings is 1. The summed E-state index contributed by atoms with van der Waals surface area (Å²) in [6.07, 6.45) is 4.90. The molecule has 0 aliphatic carbocycles. The van der Waals surface area contributed by atoms with Crippen molar-refractivity contribution < 1.29 is 52.3 Å². The first-order valence-corrected chi connectivity index (χ1v) is 26.2. The van der Waals surface area contributed by atoms with Crippen molar-refractivity contribution in [1.29, 1.82) is 0 Å². The van der Waals surface area contributed by atoms with E-state index in [0.29, 0.717) is 55.5 Å². The first-order chi connectivity index (χ1) is 44.4. The molecule has 0 aliphatic rings. The van der Waals surface area contributed by atoms with Crippen molar-refractivity contribution in [1.82, 2.24) is 14.1 Å². The first-order valence-electron chi connectivity index (χ1n) is 34.2. The van der Waals surface area contributed by atoms with E-state index in [1.807, 2.05) is 53.1 Å². The number of aryl methyl sites for hydroxylation is 2. The molecule has 12 aromatic rings. The number of aromatic nitrogens is 4.